The third-order valence-electron chi connectivity index (χ3n) is 4.28. The fraction of sp³-hybridized carbons (Fsp3) is 0.929. The first-order valence-electron chi connectivity index (χ1n) is 6.91. The van der Waals surface area contributed by atoms with Crippen molar-refractivity contribution in [2.24, 2.45) is 5.92 Å². The second-order valence-corrected chi connectivity index (χ2v) is 5.18. The van der Waals surface area contributed by atoms with Crippen molar-refractivity contribution in [1.82, 2.24) is 4.90 Å². The molecule has 0 spiro atoms. The van der Waals surface area contributed by atoms with Crippen LogP contribution < -0.4 is 0 Å². The van der Waals surface area contributed by atoms with Gasteiger partial charge in [-0.25, -0.2) is 0 Å². The molecule has 0 aromatic carbocycles. The number of methoxy groups -OCH3 is 1. The molecule has 0 aromatic rings. The molecule has 1 aliphatic rings. The van der Waals surface area contributed by atoms with E-state index in [2.05, 4.69) is 18.7 Å². The maximum Gasteiger partial charge on any atom is 0.228 e. The van der Waals surface area contributed by atoms with E-state index in [1.807, 2.05) is 13.8 Å². The van der Waals surface area contributed by atoms with Crippen molar-refractivity contribution in [1.29, 1.82) is 0 Å². The zero-order valence-electron chi connectivity index (χ0n) is 11.9. The van der Waals surface area contributed by atoms with E-state index in [0.717, 1.165) is 25.7 Å². The lowest BCUT2D eigenvalue weighted by Crippen LogP contribution is -2.46. The highest BCUT2D eigenvalue weighted by Gasteiger charge is 2.37. The summed E-state index contributed by atoms with van der Waals surface area (Å²) in [5.41, 5.74) is 0. The van der Waals surface area contributed by atoms with Gasteiger partial charge in [-0.15, -0.1) is 0 Å². The van der Waals surface area contributed by atoms with Crippen molar-refractivity contribution in [3.05, 3.63) is 0 Å². The van der Waals surface area contributed by atoms with Crippen LogP contribution in [-0.4, -0.2) is 36.1 Å². The lowest BCUT2D eigenvalue weighted by molar-refractivity contribution is -0.142. The number of likely N-dealkylation sites (tertiary alicyclic amines) is 1. The summed E-state index contributed by atoms with van der Waals surface area (Å²) in [6, 6.07) is 0.887. The second kappa shape index (κ2) is 6.39. The van der Waals surface area contributed by atoms with Gasteiger partial charge < -0.3 is 9.64 Å². The molecule has 0 N–H and O–H groups in total. The van der Waals surface area contributed by atoms with E-state index in [0.29, 0.717) is 12.1 Å². The summed E-state index contributed by atoms with van der Waals surface area (Å²) < 4.78 is 5.28. The smallest absolute Gasteiger partial charge is 0.228 e. The van der Waals surface area contributed by atoms with Gasteiger partial charge in [0.25, 0.3) is 0 Å². The minimum Gasteiger partial charge on any atom is -0.381 e. The van der Waals surface area contributed by atoms with E-state index >= 15 is 0 Å². The maximum absolute atomic E-state index is 12.5. The van der Waals surface area contributed by atoms with Crippen LogP contribution in [0.15, 0.2) is 0 Å². The van der Waals surface area contributed by atoms with Gasteiger partial charge in [0.1, 0.15) is 0 Å². The number of rotatable bonds is 5. The Hall–Kier alpha value is -0.570. The third kappa shape index (κ3) is 3.01. The Balaban J connectivity index is 2.76. The first kappa shape index (κ1) is 14.5. The first-order chi connectivity index (χ1) is 8.06. The summed E-state index contributed by atoms with van der Waals surface area (Å²) in [6.45, 7) is 8.30. The van der Waals surface area contributed by atoms with E-state index in [-0.39, 0.29) is 17.9 Å². The molecule has 0 aromatic heterocycles. The topological polar surface area (TPSA) is 29.5 Å². The molecule has 3 nitrogen and oxygen atoms in total. The molecule has 17 heavy (non-hydrogen) atoms. The number of hydrogen-bond donors (Lipinski definition) is 0. The highest BCUT2D eigenvalue weighted by molar-refractivity contribution is 5.80. The fourth-order valence-electron chi connectivity index (χ4n) is 2.76. The molecule has 3 unspecified atom stereocenters. The zero-order valence-corrected chi connectivity index (χ0v) is 11.9. The summed E-state index contributed by atoms with van der Waals surface area (Å²) in [5, 5.41) is 0. The van der Waals surface area contributed by atoms with Gasteiger partial charge in [0.05, 0.1) is 12.0 Å². The molecule has 0 radical (unpaired) electrons. The molecule has 0 aliphatic carbocycles. The molecule has 0 bridgehead atoms. The number of hydrogen-bond acceptors (Lipinski definition) is 2. The highest BCUT2D eigenvalue weighted by atomic mass is 16.5. The predicted molar refractivity (Wildman–Crippen MR) is 69.9 cm³/mol. The first-order valence-corrected chi connectivity index (χ1v) is 6.91. The van der Waals surface area contributed by atoms with Gasteiger partial charge in [-0.05, 0) is 32.6 Å². The average molecular weight is 241 g/mol. The van der Waals surface area contributed by atoms with E-state index < -0.39 is 0 Å². The van der Waals surface area contributed by atoms with Crippen molar-refractivity contribution >= 4 is 5.91 Å². The predicted octanol–water partition coefficient (Wildman–Crippen LogP) is 2.84. The van der Waals surface area contributed by atoms with Crippen LogP contribution in [0.2, 0.25) is 0 Å². The Kier molecular flexibility index (Phi) is 5.44. The largest absolute Gasteiger partial charge is 0.381 e. The third-order valence-corrected chi connectivity index (χ3v) is 4.28. The van der Waals surface area contributed by atoms with Crippen LogP contribution in [0.1, 0.15) is 53.4 Å². The summed E-state index contributed by atoms with van der Waals surface area (Å²) >= 11 is 0. The molecule has 1 heterocycles. The average Bonchev–Trinajstić information content (AvgIpc) is 2.78. The minimum absolute atomic E-state index is 0.00175. The van der Waals surface area contributed by atoms with Gasteiger partial charge in [-0.3, -0.25) is 4.79 Å². The van der Waals surface area contributed by atoms with Gasteiger partial charge >= 0.3 is 0 Å². The monoisotopic (exact) mass is 241 g/mol. The minimum atomic E-state index is -0.0406. The summed E-state index contributed by atoms with van der Waals surface area (Å²) in [4.78, 5) is 14.7. The van der Waals surface area contributed by atoms with E-state index in [1.54, 1.807) is 7.11 Å². The molecular weight excluding hydrogens is 214 g/mol. The lowest BCUT2D eigenvalue weighted by Gasteiger charge is -2.33. The second-order valence-electron chi connectivity index (χ2n) is 5.18. The number of amides is 1. The van der Waals surface area contributed by atoms with Gasteiger partial charge in [0, 0.05) is 19.2 Å². The van der Waals surface area contributed by atoms with E-state index in [4.69, 9.17) is 4.74 Å². The Bertz CT molecular complexity index is 243. The van der Waals surface area contributed by atoms with Crippen molar-refractivity contribution in [3.8, 4) is 0 Å². The molecule has 1 amide bonds. The summed E-state index contributed by atoms with van der Waals surface area (Å²) in [6.07, 6.45) is 4.45. The van der Waals surface area contributed by atoms with Crippen LogP contribution in [0.25, 0.3) is 0 Å². The normalized spacial score (nSPS) is 28.2. The van der Waals surface area contributed by atoms with Gasteiger partial charge in [-0.2, -0.15) is 0 Å². The highest BCUT2D eigenvalue weighted by Crippen LogP contribution is 2.30. The van der Waals surface area contributed by atoms with Gasteiger partial charge in [0.15, 0.2) is 0 Å². The number of ether oxygens (including phenoxy) is 1. The Morgan fingerprint density at radius 1 is 1.24 bits per heavy atom. The van der Waals surface area contributed by atoms with Crippen molar-refractivity contribution in [2.75, 3.05) is 7.11 Å². The van der Waals surface area contributed by atoms with Crippen LogP contribution in [0.5, 0.6) is 0 Å². The maximum atomic E-state index is 12.5. The number of carbonyl (C=O) groups is 1. The quantitative estimate of drug-likeness (QED) is 0.740. The van der Waals surface area contributed by atoms with Gasteiger partial charge in [0.2, 0.25) is 5.91 Å². The lowest BCUT2D eigenvalue weighted by atomic mass is 10.0. The van der Waals surface area contributed by atoms with Crippen LogP contribution in [0.4, 0.5) is 0 Å². The summed E-state index contributed by atoms with van der Waals surface area (Å²) in [7, 11) is 1.67. The SMILES string of the molecule is CCC1CC[C@@H](CC)N1C(=O)C(C)C(C)OC. The van der Waals surface area contributed by atoms with Crippen LogP contribution >= 0.6 is 0 Å². The van der Waals surface area contributed by atoms with Crippen LogP contribution in [0, 0.1) is 5.92 Å². The molecule has 1 rings (SSSR count). The van der Waals surface area contributed by atoms with Crippen LogP contribution in [0.3, 0.4) is 0 Å². The van der Waals surface area contributed by atoms with E-state index in [9.17, 15) is 4.79 Å². The number of carbonyl (C=O) groups excluding carboxylic acids is 1. The fourth-order valence-corrected chi connectivity index (χ4v) is 2.76. The molecule has 1 fully saturated rings. The van der Waals surface area contributed by atoms with Crippen molar-refractivity contribution in [2.45, 2.75) is 71.6 Å². The number of nitrogens with zero attached hydrogens (tertiary/aromatic N) is 1. The molecular formula is C14H27NO2. The standard InChI is InChI=1S/C14H27NO2/c1-6-12-8-9-13(7-2)15(12)14(16)10(3)11(4)17-5/h10-13H,6-9H2,1-5H3/t10?,11?,12-,13?/m1/s1. The molecule has 100 valence electrons. The molecule has 3 heteroatoms. The van der Waals surface area contributed by atoms with Crippen molar-refractivity contribution < 1.29 is 9.53 Å². The molecule has 1 aliphatic heterocycles. The Morgan fingerprint density at radius 2 is 1.71 bits per heavy atom. The summed E-state index contributed by atoms with van der Waals surface area (Å²) in [5.74, 6) is 0.233. The molecule has 1 saturated heterocycles. The van der Waals surface area contributed by atoms with Crippen molar-refractivity contribution in [3.63, 3.8) is 0 Å². The Morgan fingerprint density at radius 3 is 2.06 bits per heavy atom. The zero-order chi connectivity index (χ0) is 13.0. The van der Waals surface area contributed by atoms with E-state index in [1.165, 1.54) is 0 Å². The van der Waals surface area contributed by atoms with Gasteiger partial charge in [-0.1, -0.05) is 20.8 Å². The molecule has 0 saturated carbocycles. The van der Waals surface area contributed by atoms with Crippen LogP contribution in [-0.2, 0) is 9.53 Å². The molecule has 4 atom stereocenters. The Labute approximate surface area is 106 Å².